The molecule has 1 saturated heterocycles. The number of amides is 2. The van der Waals surface area contributed by atoms with Crippen molar-refractivity contribution >= 4 is 17.4 Å². The van der Waals surface area contributed by atoms with Gasteiger partial charge in [-0.1, -0.05) is 32.9 Å². The van der Waals surface area contributed by atoms with Gasteiger partial charge in [0.05, 0.1) is 24.4 Å². The van der Waals surface area contributed by atoms with Gasteiger partial charge in [-0.3, -0.25) is 14.5 Å². The van der Waals surface area contributed by atoms with Crippen molar-refractivity contribution in [1.82, 2.24) is 9.80 Å². The fourth-order valence-corrected chi connectivity index (χ4v) is 3.88. The number of ether oxygens (including phenoxy) is 2. The molecule has 2 aliphatic rings. The van der Waals surface area contributed by atoms with Crippen LogP contribution in [-0.2, 0) is 14.3 Å². The van der Waals surface area contributed by atoms with E-state index < -0.39 is 0 Å². The Labute approximate surface area is 173 Å². The van der Waals surface area contributed by atoms with Gasteiger partial charge in [-0.2, -0.15) is 0 Å². The summed E-state index contributed by atoms with van der Waals surface area (Å²) in [5.41, 5.74) is 1.74. The summed E-state index contributed by atoms with van der Waals surface area (Å²) in [4.78, 5) is 29.8. The fourth-order valence-electron chi connectivity index (χ4n) is 3.88. The molecule has 0 aromatic heterocycles. The molecule has 1 fully saturated rings. The molecule has 0 radical (unpaired) electrons. The van der Waals surface area contributed by atoms with Crippen LogP contribution in [0.2, 0.25) is 0 Å². The highest BCUT2D eigenvalue weighted by molar-refractivity contribution is 6.35. The topological polar surface area (TPSA) is 59.1 Å². The Morgan fingerprint density at radius 3 is 2.24 bits per heavy atom. The minimum absolute atomic E-state index is 0.00226. The summed E-state index contributed by atoms with van der Waals surface area (Å²) >= 11 is 0. The SMILES string of the molecule is CCCN1C(=O)C(c2ccc(OCC(C)C)cc2)=C(N2CC(C)OC(C)C2)C1=O. The zero-order valence-corrected chi connectivity index (χ0v) is 18.1. The average molecular weight is 401 g/mol. The minimum Gasteiger partial charge on any atom is -0.493 e. The van der Waals surface area contributed by atoms with E-state index in [0.717, 1.165) is 17.7 Å². The largest absolute Gasteiger partial charge is 0.493 e. The van der Waals surface area contributed by atoms with Gasteiger partial charge in [-0.15, -0.1) is 0 Å². The van der Waals surface area contributed by atoms with Gasteiger partial charge in [0, 0.05) is 19.6 Å². The second kappa shape index (κ2) is 8.99. The third-order valence-electron chi connectivity index (χ3n) is 5.05. The number of morpholine rings is 1. The summed E-state index contributed by atoms with van der Waals surface area (Å²) in [5.74, 6) is 0.786. The molecule has 0 bridgehead atoms. The van der Waals surface area contributed by atoms with Crippen molar-refractivity contribution in [2.24, 2.45) is 5.92 Å². The molecule has 2 amide bonds. The molecule has 0 saturated carbocycles. The second-order valence-electron chi connectivity index (χ2n) is 8.38. The van der Waals surface area contributed by atoms with Crippen molar-refractivity contribution in [1.29, 1.82) is 0 Å². The van der Waals surface area contributed by atoms with Gasteiger partial charge in [0.25, 0.3) is 11.8 Å². The van der Waals surface area contributed by atoms with E-state index in [-0.39, 0.29) is 24.0 Å². The van der Waals surface area contributed by atoms with E-state index in [1.54, 1.807) is 0 Å². The van der Waals surface area contributed by atoms with Crippen molar-refractivity contribution in [3.05, 3.63) is 35.5 Å². The number of hydrogen-bond donors (Lipinski definition) is 0. The Bertz CT molecular complexity index is 775. The Balaban J connectivity index is 1.96. The summed E-state index contributed by atoms with van der Waals surface area (Å²) < 4.78 is 11.6. The molecule has 2 heterocycles. The van der Waals surface area contributed by atoms with Gasteiger partial charge in [0.2, 0.25) is 0 Å². The van der Waals surface area contributed by atoms with Crippen LogP contribution in [0.25, 0.3) is 5.57 Å². The van der Waals surface area contributed by atoms with Crippen LogP contribution in [0.4, 0.5) is 0 Å². The Hall–Kier alpha value is -2.34. The van der Waals surface area contributed by atoms with Crippen molar-refractivity contribution in [3.8, 4) is 5.75 Å². The molecule has 0 N–H and O–H groups in total. The number of nitrogens with zero attached hydrogens (tertiary/aromatic N) is 2. The number of benzene rings is 1. The Morgan fingerprint density at radius 2 is 1.69 bits per heavy atom. The van der Waals surface area contributed by atoms with Crippen LogP contribution in [0, 0.1) is 5.92 Å². The molecule has 0 aliphatic carbocycles. The quantitative estimate of drug-likeness (QED) is 0.657. The summed E-state index contributed by atoms with van der Waals surface area (Å²) in [6.07, 6.45) is 0.737. The third-order valence-corrected chi connectivity index (χ3v) is 5.05. The van der Waals surface area contributed by atoms with E-state index >= 15 is 0 Å². The predicted octanol–water partition coefficient (Wildman–Crippen LogP) is 3.32. The van der Waals surface area contributed by atoms with Crippen LogP contribution < -0.4 is 4.74 Å². The molecule has 2 unspecified atom stereocenters. The molecule has 0 spiro atoms. The van der Waals surface area contributed by atoms with E-state index in [4.69, 9.17) is 9.47 Å². The van der Waals surface area contributed by atoms with Crippen LogP contribution in [0.5, 0.6) is 5.75 Å². The maximum atomic E-state index is 13.2. The van der Waals surface area contributed by atoms with Gasteiger partial charge in [-0.25, -0.2) is 0 Å². The van der Waals surface area contributed by atoms with E-state index in [1.165, 1.54) is 4.90 Å². The monoisotopic (exact) mass is 400 g/mol. The predicted molar refractivity (Wildman–Crippen MR) is 112 cm³/mol. The van der Waals surface area contributed by atoms with Gasteiger partial charge >= 0.3 is 0 Å². The molecular formula is C23H32N2O4. The van der Waals surface area contributed by atoms with Gasteiger partial charge < -0.3 is 14.4 Å². The van der Waals surface area contributed by atoms with Crippen molar-refractivity contribution in [2.75, 3.05) is 26.2 Å². The zero-order valence-electron chi connectivity index (χ0n) is 18.1. The van der Waals surface area contributed by atoms with Crippen LogP contribution in [0.3, 0.4) is 0 Å². The molecule has 6 nitrogen and oxygen atoms in total. The highest BCUT2D eigenvalue weighted by Crippen LogP contribution is 2.34. The molecule has 158 valence electrons. The lowest BCUT2D eigenvalue weighted by Crippen LogP contribution is -2.47. The number of hydrogen-bond acceptors (Lipinski definition) is 5. The van der Waals surface area contributed by atoms with Crippen LogP contribution in [-0.4, -0.2) is 60.1 Å². The molecular weight excluding hydrogens is 368 g/mol. The molecule has 3 rings (SSSR count). The van der Waals surface area contributed by atoms with Gasteiger partial charge in [0.15, 0.2) is 0 Å². The smallest absolute Gasteiger partial charge is 0.277 e. The van der Waals surface area contributed by atoms with Crippen LogP contribution in [0.15, 0.2) is 30.0 Å². The van der Waals surface area contributed by atoms with Crippen molar-refractivity contribution in [2.45, 2.75) is 53.2 Å². The molecule has 1 aromatic carbocycles. The average Bonchev–Trinajstić information content (AvgIpc) is 2.91. The number of carbonyl (C=O) groups is 2. The molecule has 1 aromatic rings. The summed E-state index contributed by atoms with van der Waals surface area (Å²) in [6, 6.07) is 7.48. The van der Waals surface area contributed by atoms with E-state index in [2.05, 4.69) is 13.8 Å². The van der Waals surface area contributed by atoms with Gasteiger partial charge in [-0.05, 0) is 43.9 Å². The van der Waals surface area contributed by atoms with E-state index in [0.29, 0.717) is 43.4 Å². The van der Waals surface area contributed by atoms with Crippen LogP contribution in [0.1, 0.15) is 46.6 Å². The summed E-state index contributed by atoms with van der Waals surface area (Å²) in [7, 11) is 0. The van der Waals surface area contributed by atoms with E-state index in [1.807, 2.05) is 49.9 Å². The number of carbonyl (C=O) groups excluding carboxylic acids is 2. The number of rotatable bonds is 7. The highest BCUT2D eigenvalue weighted by Gasteiger charge is 2.42. The second-order valence-corrected chi connectivity index (χ2v) is 8.38. The first-order valence-electron chi connectivity index (χ1n) is 10.6. The third kappa shape index (κ3) is 4.64. The first kappa shape index (κ1) is 21.4. The first-order chi connectivity index (χ1) is 13.8. The molecule has 2 aliphatic heterocycles. The molecule has 2 atom stereocenters. The van der Waals surface area contributed by atoms with E-state index in [9.17, 15) is 9.59 Å². The lowest BCUT2D eigenvalue weighted by atomic mass is 10.0. The normalized spacial score (nSPS) is 22.8. The lowest BCUT2D eigenvalue weighted by molar-refractivity contribution is -0.138. The van der Waals surface area contributed by atoms with Crippen molar-refractivity contribution in [3.63, 3.8) is 0 Å². The summed E-state index contributed by atoms with van der Waals surface area (Å²) in [6.45, 7) is 12.4. The molecule has 29 heavy (non-hydrogen) atoms. The first-order valence-corrected chi connectivity index (χ1v) is 10.6. The summed E-state index contributed by atoms with van der Waals surface area (Å²) in [5, 5.41) is 0. The zero-order chi connectivity index (χ0) is 21.1. The fraction of sp³-hybridized carbons (Fsp3) is 0.565. The Kier molecular flexibility index (Phi) is 6.63. The standard InChI is InChI=1S/C23H32N2O4/c1-6-11-25-22(26)20(18-7-9-19(10-8-18)28-14-15(2)3)21(23(25)27)24-12-16(4)29-17(5)13-24/h7-10,15-17H,6,11-14H2,1-5H3. The highest BCUT2D eigenvalue weighted by atomic mass is 16.5. The maximum Gasteiger partial charge on any atom is 0.277 e. The molecule has 6 heteroatoms. The maximum absolute atomic E-state index is 13.2. The number of imide groups is 1. The van der Waals surface area contributed by atoms with Crippen molar-refractivity contribution < 1.29 is 19.1 Å². The lowest BCUT2D eigenvalue weighted by Gasteiger charge is -2.37. The van der Waals surface area contributed by atoms with Gasteiger partial charge in [0.1, 0.15) is 11.4 Å². The Morgan fingerprint density at radius 1 is 1.07 bits per heavy atom. The minimum atomic E-state index is -0.213. The van der Waals surface area contributed by atoms with Crippen LogP contribution >= 0.6 is 0 Å².